The second-order valence-corrected chi connectivity index (χ2v) is 6.77. The number of hydrogen-bond acceptors (Lipinski definition) is 3. The number of carbonyl (C=O) groups is 1. The van der Waals surface area contributed by atoms with Gasteiger partial charge < -0.3 is 10.1 Å². The standard InChI is InChI=1S/C20H16BrClN2O2/c21-18-12-15(13-23-19(18)22)20(25)24-16-6-8-17(9-7-16)26-11-10-14-4-2-1-3-5-14/h1-9,12-13H,10-11H2,(H,24,25). The highest BCUT2D eigenvalue weighted by molar-refractivity contribution is 9.10. The molecule has 3 rings (SSSR count). The highest BCUT2D eigenvalue weighted by Gasteiger charge is 2.09. The molecule has 6 heteroatoms. The van der Waals surface area contributed by atoms with Crippen molar-refractivity contribution in [3.63, 3.8) is 0 Å². The minimum Gasteiger partial charge on any atom is -0.493 e. The quantitative estimate of drug-likeness (QED) is 0.534. The predicted octanol–water partition coefficient (Wildman–Crippen LogP) is 5.37. The van der Waals surface area contributed by atoms with Crippen molar-refractivity contribution < 1.29 is 9.53 Å². The number of hydrogen-bond donors (Lipinski definition) is 1. The van der Waals surface area contributed by atoms with Crippen molar-refractivity contribution in [2.45, 2.75) is 6.42 Å². The molecule has 0 spiro atoms. The zero-order valence-electron chi connectivity index (χ0n) is 13.8. The number of carbonyl (C=O) groups excluding carboxylic acids is 1. The molecule has 0 bridgehead atoms. The molecule has 0 fully saturated rings. The van der Waals surface area contributed by atoms with E-state index in [9.17, 15) is 4.79 Å². The summed E-state index contributed by atoms with van der Waals surface area (Å²) in [4.78, 5) is 16.2. The van der Waals surface area contributed by atoms with Gasteiger partial charge in [0, 0.05) is 18.3 Å². The maximum absolute atomic E-state index is 12.2. The molecule has 0 aliphatic heterocycles. The Morgan fingerprint density at radius 3 is 2.54 bits per heavy atom. The molecule has 0 unspecified atom stereocenters. The number of halogens is 2. The molecule has 2 aromatic carbocycles. The second kappa shape index (κ2) is 8.83. The number of anilines is 1. The van der Waals surface area contributed by atoms with Gasteiger partial charge in [-0.25, -0.2) is 4.98 Å². The number of amides is 1. The van der Waals surface area contributed by atoms with Crippen molar-refractivity contribution >= 4 is 39.1 Å². The van der Waals surface area contributed by atoms with E-state index >= 15 is 0 Å². The Labute approximate surface area is 165 Å². The van der Waals surface area contributed by atoms with Crippen LogP contribution in [0.3, 0.4) is 0 Å². The minimum absolute atomic E-state index is 0.257. The molecule has 132 valence electrons. The maximum Gasteiger partial charge on any atom is 0.257 e. The van der Waals surface area contributed by atoms with Gasteiger partial charge in [0.25, 0.3) is 5.91 Å². The first-order valence-electron chi connectivity index (χ1n) is 8.01. The van der Waals surface area contributed by atoms with E-state index in [1.807, 2.05) is 30.3 Å². The molecule has 3 aromatic rings. The Balaban J connectivity index is 1.53. The molecule has 26 heavy (non-hydrogen) atoms. The van der Waals surface area contributed by atoms with E-state index in [4.69, 9.17) is 16.3 Å². The van der Waals surface area contributed by atoms with Crippen LogP contribution < -0.4 is 10.1 Å². The fourth-order valence-corrected chi connectivity index (χ4v) is 2.77. The molecule has 1 amide bonds. The SMILES string of the molecule is O=C(Nc1ccc(OCCc2ccccc2)cc1)c1cnc(Cl)c(Br)c1. The average Bonchev–Trinajstić information content (AvgIpc) is 2.66. The van der Waals surface area contributed by atoms with Gasteiger partial charge in [-0.05, 0) is 51.8 Å². The molecular formula is C20H16BrClN2O2. The van der Waals surface area contributed by atoms with Crippen LogP contribution in [0.25, 0.3) is 0 Å². The lowest BCUT2D eigenvalue weighted by atomic mass is 10.2. The molecule has 4 nitrogen and oxygen atoms in total. The lowest BCUT2D eigenvalue weighted by Gasteiger charge is -2.09. The number of aromatic nitrogens is 1. The maximum atomic E-state index is 12.2. The number of nitrogens with zero attached hydrogens (tertiary/aromatic N) is 1. The largest absolute Gasteiger partial charge is 0.493 e. The Morgan fingerprint density at radius 2 is 1.85 bits per heavy atom. The van der Waals surface area contributed by atoms with Gasteiger partial charge in [-0.3, -0.25) is 4.79 Å². The first kappa shape index (κ1) is 18.4. The molecular weight excluding hydrogens is 416 g/mol. The van der Waals surface area contributed by atoms with Crippen LogP contribution in [-0.2, 0) is 6.42 Å². The van der Waals surface area contributed by atoms with Crippen molar-refractivity contribution in [3.05, 3.63) is 87.6 Å². The molecule has 0 aliphatic rings. The summed E-state index contributed by atoms with van der Waals surface area (Å²) in [5, 5.41) is 3.13. The van der Waals surface area contributed by atoms with Gasteiger partial charge >= 0.3 is 0 Å². The van der Waals surface area contributed by atoms with Crippen LogP contribution in [0.2, 0.25) is 5.15 Å². The van der Waals surface area contributed by atoms with E-state index in [1.165, 1.54) is 11.8 Å². The lowest BCUT2D eigenvalue weighted by Crippen LogP contribution is -2.12. The molecule has 0 saturated heterocycles. The fourth-order valence-electron chi connectivity index (χ4n) is 2.31. The van der Waals surface area contributed by atoms with Crippen molar-refractivity contribution in [3.8, 4) is 5.75 Å². The average molecular weight is 432 g/mol. The van der Waals surface area contributed by atoms with Gasteiger partial charge in [0.15, 0.2) is 0 Å². The summed E-state index contributed by atoms with van der Waals surface area (Å²) in [6.45, 7) is 0.597. The Kier molecular flexibility index (Phi) is 6.26. The number of ether oxygens (including phenoxy) is 1. The number of benzene rings is 2. The fraction of sp³-hybridized carbons (Fsp3) is 0.100. The van der Waals surface area contributed by atoms with E-state index in [-0.39, 0.29) is 5.91 Å². The Morgan fingerprint density at radius 1 is 1.12 bits per heavy atom. The van der Waals surface area contributed by atoms with Crippen LogP contribution in [-0.4, -0.2) is 17.5 Å². The summed E-state index contributed by atoms with van der Waals surface area (Å²) in [5.74, 6) is 0.502. The van der Waals surface area contributed by atoms with Crippen LogP contribution in [0.5, 0.6) is 5.75 Å². The minimum atomic E-state index is -0.257. The molecule has 0 aliphatic carbocycles. The first-order chi connectivity index (χ1) is 12.6. The predicted molar refractivity (Wildman–Crippen MR) is 107 cm³/mol. The summed E-state index contributed by atoms with van der Waals surface area (Å²) in [6.07, 6.45) is 2.28. The summed E-state index contributed by atoms with van der Waals surface area (Å²) in [7, 11) is 0. The van der Waals surface area contributed by atoms with E-state index in [0.29, 0.717) is 27.5 Å². The van der Waals surface area contributed by atoms with E-state index in [1.54, 1.807) is 18.2 Å². The van der Waals surface area contributed by atoms with Crippen LogP contribution in [0.15, 0.2) is 71.3 Å². The molecule has 0 atom stereocenters. The highest BCUT2D eigenvalue weighted by Crippen LogP contribution is 2.21. The summed E-state index contributed by atoms with van der Waals surface area (Å²) >= 11 is 9.10. The third-order valence-electron chi connectivity index (χ3n) is 3.67. The van der Waals surface area contributed by atoms with Crippen molar-refractivity contribution in [2.24, 2.45) is 0 Å². The highest BCUT2D eigenvalue weighted by atomic mass is 79.9. The van der Waals surface area contributed by atoms with Gasteiger partial charge in [0.1, 0.15) is 10.9 Å². The zero-order valence-corrected chi connectivity index (χ0v) is 16.1. The normalized spacial score (nSPS) is 10.4. The van der Waals surface area contributed by atoms with E-state index < -0.39 is 0 Å². The summed E-state index contributed by atoms with van der Waals surface area (Å²) in [6, 6.07) is 19.1. The number of pyridine rings is 1. The number of nitrogens with one attached hydrogen (secondary N) is 1. The van der Waals surface area contributed by atoms with Gasteiger partial charge in [-0.2, -0.15) is 0 Å². The molecule has 1 aromatic heterocycles. The third kappa shape index (κ3) is 5.07. The van der Waals surface area contributed by atoms with E-state index in [0.717, 1.165) is 12.2 Å². The van der Waals surface area contributed by atoms with Crippen molar-refractivity contribution in [2.75, 3.05) is 11.9 Å². The first-order valence-corrected chi connectivity index (χ1v) is 9.18. The smallest absolute Gasteiger partial charge is 0.257 e. The Hall–Kier alpha value is -2.37. The lowest BCUT2D eigenvalue weighted by molar-refractivity contribution is 0.102. The van der Waals surface area contributed by atoms with Gasteiger partial charge in [0.2, 0.25) is 0 Å². The molecule has 0 saturated carbocycles. The van der Waals surface area contributed by atoms with Crippen LogP contribution in [0.4, 0.5) is 5.69 Å². The van der Waals surface area contributed by atoms with E-state index in [2.05, 4.69) is 38.4 Å². The second-order valence-electron chi connectivity index (χ2n) is 5.56. The van der Waals surface area contributed by atoms with Crippen LogP contribution in [0.1, 0.15) is 15.9 Å². The van der Waals surface area contributed by atoms with Crippen LogP contribution in [0, 0.1) is 0 Å². The number of rotatable bonds is 6. The summed E-state index contributed by atoms with van der Waals surface area (Å²) in [5.41, 5.74) is 2.33. The van der Waals surface area contributed by atoms with Crippen molar-refractivity contribution in [1.82, 2.24) is 4.98 Å². The van der Waals surface area contributed by atoms with Crippen LogP contribution >= 0.6 is 27.5 Å². The van der Waals surface area contributed by atoms with Gasteiger partial charge in [-0.1, -0.05) is 41.9 Å². The zero-order chi connectivity index (χ0) is 18.4. The van der Waals surface area contributed by atoms with Gasteiger partial charge in [0.05, 0.1) is 16.6 Å². The molecule has 0 radical (unpaired) electrons. The monoisotopic (exact) mass is 430 g/mol. The van der Waals surface area contributed by atoms with Crippen molar-refractivity contribution in [1.29, 1.82) is 0 Å². The third-order valence-corrected chi connectivity index (χ3v) is 4.81. The topological polar surface area (TPSA) is 51.2 Å². The van der Waals surface area contributed by atoms with Gasteiger partial charge in [-0.15, -0.1) is 0 Å². The molecule has 1 N–H and O–H groups in total. The summed E-state index contributed by atoms with van der Waals surface area (Å²) < 4.78 is 6.32. The Bertz CT molecular complexity index is 886. The molecule has 1 heterocycles.